The number of fused-ring (bicyclic) bond motifs is 4. The van der Waals surface area contributed by atoms with Crippen LogP contribution in [0, 0.1) is 5.41 Å². The minimum absolute atomic E-state index is 0.0999. The Hall–Kier alpha value is -1.70. The van der Waals surface area contributed by atoms with E-state index < -0.39 is 44.7 Å². The maximum atomic E-state index is 13.4. The van der Waals surface area contributed by atoms with Gasteiger partial charge in [-0.1, -0.05) is 26.0 Å². The number of nitrogens with zero attached hydrogens (tertiary/aromatic N) is 1. The SMILES string of the molecule is C[S+](O[C@H]1CC(C)(C)Cc2nc(COS(C)(=O)=O)c3c(c21)C1(CCOCC1)O[C@@H]3c1ccc(C(F)(F)F)cc1)C(C)(C)C. The monoisotopic (exact) mass is 644 g/mol. The second kappa shape index (κ2) is 11.3. The van der Waals surface area contributed by atoms with Gasteiger partial charge < -0.3 is 9.47 Å². The molecule has 1 saturated heterocycles. The van der Waals surface area contributed by atoms with Crippen LogP contribution in [0.15, 0.2) is 24.3 Å². The predicted octanol–water partition coefficient (Wildman–Crippen LogP) is 6.69. The Labute approximate surface area is 255 Å². The predicted molar refractivity (Wildman–Crippen MR) is 159 cm³/mol. The zero-order chi connectivity index (χ0) is 31.6. The molecule has 1 unspecified atom stereocenters. The van der Waals surface area contributed by atoms with Gasteiger partial charge in [0.2, 0.25) is 0 Å². The maximum Gasteiger partial charge on any atom is 0.416 e. The zero-order valence-corrected chi connectivity index (χ0v) is 27.4. The van der Waals surface area contributed by atoms with Crippen LogP contribution in [0.3, 0.4) is 0 Å². The summed E-state index contributed by atoms with van der Waals surface area (Å²) in [5.41, 5.74) is 2.57. The van der Waals surface area contributed by atoms with E-state index in [2.05, 4.69) is 40.9 Å². The van der Waals surface area contributed by atoms with Gasteiger partial charge in [0.15, 0.2) is 4.75 Å². The number of ether oxygens (including phenoxy) is 2. The lowest BCUT2D eigenvalue weighted by Crippen LogP contribution is -2.39. The molecule has 1 aromatic carbocycles. The first kappa shape index (κ1) is 32.7. The van der Waals surface area contributed by atoms with Crippen molar-refractivity contribution in [1.82, 2.24) is 4.98 Å². The second-order valence-electron chi connectivity index (χ2n) is 13.6. The van der Waals surface area contributed by atoms with Crippen LogP contribution in [0.1, 0.15) is 105 Å². The summed E-state index contributed by atoms with van der Waals surface area (Å²) < 4.78 is 89.3. The highest BCUT2D eigenvalue weighted by Gasteiger charge is 2.54. The molecule has 7 nitrogen and oxygen atoms in total. The molecule has 1 fully saturated rings. The Balaban J connectivity index is 1.76. The molecule has 1 aliphatic carbocycles. The van der Waals surface area contributed by atoms with Gasteiger partial charge in [-0.15, -0.1) is 0 Å². The molecule has 0 radical (unpaired) electrons. The van der Waals surface area contributed by atoms with Crippen molar-refractivity contribution in [1.29, 1.82) is 0 Å². The summed E-state index contributed by atoms with van der Waals surface area (Å²) in [6.45, 7) is 11.3. The number of benzene rings is 1. The van der Waals surface area contributed by atoms with Crippen LogP contribution in [-0.2, 0) is 63.9 Å². The molecule has 3 heterocycles. The van der Waals surface area contributed by atoms with Crippen molar-refractivity contribution >= 4 is 21.3 Å². The highest BCUT2D eigenvalue weighted by atomic mass is 32.2. The van der Waals surface area contributed by atoms with E-state index in [1.807, 2.05) is 0 Å². The number of hydrogen-bond donors (Lipinski definition) is 0. The lowest BCUT2D eigenvalue weighted by Gasteiger charge is -2.40. The summed E-state index contributed by atoms with van der Waals surface area (Å²) >= 11 is -0.419. The average molecular weight is 645 g/mol. The smallest absolute Gasteiger partial charge is 0.381 e. The lowest BCUT2D eigenvalue weighted by molar-refractivity contribution is -0.137. The number of rotatable bonds is 6. The normalized spacial score (nSPS) is 24.0. The van der Waals surface area contributed by atoms with Gasteiger partial charge in [-0.05, 0) is 62.3 Å². The van der Waals surface area contributed by atoms with E-state index in [9.17, 15) is 21.6 Å². The Morgan fingerprint density at radius 2 is 1.70 bits per heavy atom. The fraction of sp³-hybridized carbons (Fsp3) is 0.645. The highest BCUT2D eigenvalue weighted by Crippen LogP contribution is 2.58. The van der Waals surface area contributed by atoms with Gasteiger partial charge in [-0.3, -0.25) is 9.17 Å². The van der Waals surface area contributed by atoms with Crippen LogP contribution < -0.4 is 0 Å². The first-order chi connectivity index (χ1) is 19.8. The molecule has 2 aromatic rings. The van der Waals surface area contributed by atoms with Gasteiger partial charge in [-0.2, -0.15) is 25.8 Å². The Morgan fingerprint density at radius 3 is 2.26 bits per heavy atom. The Morgan fingerprint density at radius 1 is 1.07 bits per heavy atom. The molecule has 238 valence electrons. The van der Waals surface area contributed by atoms with Gasteiger partial charge in [-0.25, -0.2) is 0 Å². The lowest BCUT2D eigenvalue weighted by atomic mass is 9.70. The summed E-state index contributed by atoms with van der Waals surface area (Å²) in [6.07, 6.45) is -0.0145. The van der Waals surface area contributed by atoms with Gasteiger partial charge in [0.1, 0.15) is 36.2 Å². The summed E-state index contributed by atoms with van der Waals surface area (Å²) in [6, 6.07) is 4.95. The molecule has 43 heavy (non-hydrogen) atoms. The van der Waals surface area contributed by atoms with Crippen molar-refractivity contribution in [3.63, 3.8) is 0 Å². The molecule has 12 heteroatoms. The fourth-order valence-corrected chi connectivity index (χ4v) is 7.40. The molecular formula is C31H41F3NO6S2+. The number of alkyl halides is 3. The zero-order valence-electron chi connectivity index (χ0n) is 25.8. The third-order valence-corrected chi connectivity index (χ3v) is 11.4. The largest absolute Gasteiger partial charge is 0.416 e. The molecule has 3 atom stereocenters. The van der Waals surface area contributed by atoms with Crippen LogP contribution in [0.5, 0.6) is 0 Å². The highest BCUT2D eigenvalue weighted by molar-refractivity contribution is 7.93. The van der Waals surface area contributed by atoms with Gasteiger partial charge in [0.05, 0.1) is 23.1 Å². The Kier molecular flexibility index (Phi) is 8.57. The molecule has 2 aliphatic heterocycles. The van der Waals surface area contributed by atoms with Crippen LogP contribution in [0.2, 0.25) is 0 Å². The van der Waals surface area contributed by atoms with E-state index >= 15 is 0 Å². The molecule has 0 N–H and O–H groups in total. The summed E-state index contributed by atoms with van der Waals surface area (Å²) in [7, 11) is -3.81. The second-order valence-corrected chi connectivity index (χ2v) is 17.6. The van der Waals surface area contributed by atoms with Crippen LogP contribution in [-0.4, -0.2) is 43.9 Å². The molecule has 3 aliphatic rings. The van der Waals surface area contributed by atoms with Gasteiger partial charge in [0, 0.05) is 42.9 Å². The number of pyridine rings is 1. The van der Waals surface area contributed by atoms with E-state index in [1.165, 1.54) is 12.1 Å². The molecule has 5 rings (SSSR count). The van der Waals surface area contributed by atoms with Gasteiger partial charge in [0.25, 0.3) is 10.1 Å². The van der Waals surface area contributed by atoms with Crippen molar-refractivity contribution in [2.24, 2.45) is 5.41 Å². The molecule has 0 bridgehead atoms. The van der Waals surface area contributed by atoms with Gasteiger partial charge >= 0.3 is 6.18 Å². The molecule has 0 amide bonds. The van der Waals surface area contributed by atoms with Crippen molar-refractivity contribution in [3.8, 4) is 0 Å². The average Bonchev–Trinajstić information content (AvgIpc) is 3.19. The molecule has 1 aromatic heterocycles. The van der Waals surface area contributed by atoms with E-state index in [1.54, 1.807) is 0 Å². The number of aromatic nitrogens is 1. The number of hydrogen-bond acceptors (Lipinski definition) is 7. The van der Waals surface area contributed by atoms with Crippen molar-refractivity contribution in [2.75, 3.05) is 25.7 Å². The quantitative estimate of drug-likeness (QED) is 0.256. The van der Waals surface area contributed by atoms with E-state index in [-0.39, 0.29) is 22.9 Å². The van der Waals surface area contributed by atoms with Crippen LogP contribution >= 0.6 is 0 Å². The standard InChI is InChI=1S/C31H41F3NO6S2/c1-28(2,3)42(6)41-23-17-29(4,5)16-21-24(23)26-25(22(35-21)18-39-43(7,36)37)27(40-30(26)12-14-38-15-13-30)19-8-10-20(11-9-19)31(32,33)34/h8-11,23,27H,12-18H2,1-7H3/q+1/t23-,27+,42?/m0/s1. The molecule has 1 spiro atoms. The summed E-state index contributed by atoms with van der Waals surface area (Å²) in [4.78, 5) is 5.06. The first-order valence-electron chi connectivity index (χ1n) is 14.5. The van der Waals surface area contributed by atoms with E-state index in [0.717, 1.165) is 41.6 Å². The third-order valence-electron chi connectivity index (χ3n) is 8.57. The molecule has 0 saturated carbocycles. The van der Waals surface area contributed by atoms with E-state index in [0.29, 0.717) is 49.3 Å². The maximum absolute atomic E-state index is 13.4. The van der Waals surface area contributed by atoms with E-state index in [4.69, 9.17) is 22.8 Å². The fourth-order valence-electron chi connectivity index (χ4n) is 6.27. The topological polar surface area (TPSA) is 84.0 Å². The minimum Gasteiger partial charge on any atom is -0.381 e. The summed E-state index contributed by atoms with van der Waals surface area (Å²) in [5.74, 6) is 0. The van der Waals surface area contributed by atoms with Crippen LogP contribution in [0.25, 0.3) is 0 Å². The van der Waals surface area contributed by atoms with Crippen molar-refractivity contribution in [3.05, 3.63) is 63.5 Å². The Bertz CT molecular complexity index is 1460. The first-order valence-corrected chi connectivity index (χ1v) is 17.8. The van der Waals surface area contributed by atoms with Crippen molar-refractivity contribution < 1.29 is 39.4 Å². The van der Waals surface area contributed by atoms with Crippen LogP contribution in [0.4, 0.5) is 13.2 Å². The molecular weight excluding hydrogens is 603 g/mol. The summed E-state index contributed by atoms with van der Waals surface area (Å²) in [5, 5.41) is 0. The van der Waals surface area contributed by atoms with Crippen molar-refractivity contribution in [2.45, 2.75) is 95.6 Å². The minimum atomic E-state index is -4.48. The number of halogens is 3. The third kappa shape index (κ3) is 6.79.